The van der Waals surface area contributed by atoms with E-state index in [1.165, 1.54) is 17.7 Å². The zero-order valence-corrected chi connectivity index (χ0v) is 15.8. The van der Waals surface area contributed by atoms with Crippen molar-refractivity contribution in [3.8, 4) is 0 Å². The van der Waals surface area contributed by atoms with Gasteiger partial charge in [-0.1, -0.05) is 12.1 Å². The van der Waals surface area contributed by atoms with Gasteiger partial charge in [0.1, 0.15) is 5.82 Å². The molecule has 1 heterocycles. The molecule has 2 N–H and O–H groups in total. The molecule has 0 aliphatic heterocycles. The molecule has 24 heavy (non-hydrogen) atoms. The molecule has 0 amide bonds. The second kappa shape index (κ2) is 10.2. The highest BCUT2D eigenvalue weighted by atomic mass is 32.2. The van der Waals surface area contributed by atoms with E-state index in [0.29, 0.717) is 0 Å². The summed E-state index contributed by atoms with van der Waals surface area (Å²) < 4.78 is 2.25. The Kier molecular flexibility index (Phi) is 7.95. The van der Waals surface area contributed by atoms with Crippen molar-refractivity contribution in [2.45, 2.75) is 33.2 Å². The smallest absolute Gasteiger partial charge is 0.191 e. The summed E-state index contributed by atoms with van der Waals surface area (Å²) in [6.07, 6.45) is 4.52. The number of thioether (sulfide) groups is 1. The quantitative estimate of drug-likeness (QED) is 0.416. The predicted octanol–water partition coefficient (Wildman–Crippen LogP) is 3.04. The Morgan fingerprint density at radius 2 is 2.08 bits per heavy atom. The van der Waals surface area contributed by atoms with Crippen LogP contribution >= 0.6 is 11.8 Å². The van der Waals surface area contributed by atoms with Crippen molar-refractivity contribution in [2.24, 2.45) is 4.99 Å². The molecular formula is C18H29N5S. The number of aryl methyl sites for hydroxylation is 1. The number of aliphatic imine (C=N–C) groups is 1. The van der Waals surface area contributed by atoms with Gasteiger partial charge in [0.05, 0.1) is 11.0 Å². The number of nitrogens with one attached hydrogen (secondary N) is 2. The molecule has 0 unspecified atom stereocenters. The summed E-state index contributed by atoms with van der Waals surface area (Å²) in [7, 11) is 0. The van der Waals surface area contributed by atoms with E-state index >= 15 is 0 Å². The fourth-order valence-electron chi connectivity index (χ4n) is 2.66. The number of aromatic nitrogens is 2. The minimum atomic E-state index is 0.831. The number of unbranched alkanes of at least 4 members (excludes halogenated alkanes) is 1. The summed E-state index contributed by atoms with van der Waals surface area (Å²) in [5, 5.41) is 6.74. The molecule has 132 valence electrons. The van der Waals surface area contributed by atoms with Crippen molar-refractivity contribution >= 4 is 28.8 Å². The lowest BCUT2D eigenvalue weighted by atomic mass is 10.3. The first-order chi connectivity index (χ1) is 11.8. The number of benzene rings is 1. The lowest BCUT2D eigenvalue weighted by Crippen LogP contribution is -2.39. The van der Waals surface area contributed by atoms with E-state index < -0.39 is 0 Å². The first kappa shape index (κ1) is 18.6. The molecule has 0 fully saturated rings. The average molecular weight is 348 g/mol. The number of nitrogens with zero attached hydrogens (tertiary/aromatic N) is 3. The molecule has 2 rings (SSSR count). The second-order valence-electron chi connectivity index (χ2n) is 5.69. The van der Waals surface area contributed by atoms with E-state index in [-0.39, 0.29) is 0 Å². The number of para-hydroxylation sites is 2. The van der Waals surface area contributed by atoms with E-state index in [1.807, 2.05) is 17.8 Å². The van der Waals surface area contributed by atoms with Crippen molar-refractivity contribution in [1.29, 1.82) is 0 Å². The number of hydrogen-bond donors (Lipinski definition) is 2. The van der Waals surface area contributed by atoms with Crippen molar-refractivity contribution in [1.82, 2.24) is 20.2 Å². The van der Waals surface area contributed by atoms with Crippen LogP contribution in [0.25, 0.3) is 11.0 Å². The van der Waals surface area contributed by atoms with Crippen LogP contribution in [-0.4, -0.2) is 47.2 Å². The summed E-state index contributed by atoms with van der Waals surface area (Å²) in [5.41, 5.74) is 2.25. The number of fused-ring (bicyclic) bond motifs is 1. The second-order valence-corrected chi connectivity index (χ2v) is 6.67. The molecule has 2 aromatic rings. The number of rotatable bonds is 9. The van der Waals surface area contributed by atoms with Crippen LogP contribution in [0, 0.1) is 6.92 Å². The van der Waals surface area contributed by atoms with E-state index in [9.17, 15) is 0 Å². The molecule has 1 aromatic heterocycles. The number of imidazole rings is 1. The Balaban J connectivity index is 1.87. The molecular weight excluding hydrogens is 318 g/mol. The van der Waals surface area contributed by atoms with Crippen molar-refractivity contribution in [3.63, 3.8) is 0 Å². The highest BCUT2D eigenvalue weighted by molar-refractivity contribution is 7.98. The van der Waals surface area contributed by atoms with Crippen molar-refractivity contribution < 1.29 is 0 Å². The van der Waals surface area contributed by atoms with E-state index in [2.05, 4.69) is 63.5 Å². The standard InChI is InChI=1S/C18H29N5S/c1-4-19-18(20-11-7-8-14-24-3)21-12-13-23-15(2)22-16-9-5-6-10-17(16)23/h5-6,9-10H,4,7-8,11-14H2,1-3H3,(H2,19,20,21). The van der Waals surface area contributed by atoms with Gasteiger partial charge in [-0.15, -0.1) is 0 Å². The molecule has 6 heteroatoms. The molecule has 0 spiro atoms. The summed E-state index contributed by atoms with van der Waals surface area (Å²) in [4.78, 5) is 9.26. The van der Waals surface area contributed by atoms with Crippen LogP contribution in [0.5, 0.6) is 0 Å². The van der Waals surface area contributed by atoms with Crippen LogP contribution in [-0.2, 0) is 6.54 Å². The molecule has 0 saturated heterocycles. The summed E-state index contributed by atoms with van der Waals surface area (Å²) in [5.74, 6) is 3.17. The van der Waals surface area contributed by atoms with Gasteiger partial charge in [-0.2, -0.15) is 11.8 Å². The average Bonchev–Trinajstić information content (AvgIpc) is 2.90. The molecule has 0 saturated carbocycles. The van der Waals surface area contributed by atoms with Gasteiger partial charge >= 0.3 is 0 Å². The highest BCUT2D eigenvalue weighted by Crippen LogP contribution is 2.14. The van der Waals surface area contributed by atoms with E-state index in [1.54, 1.807) is 0 Å². The minimum Gasteiger partial charge on any atom is -0.357 e. The lowest BCUT2D eigenvalue weighted by Gasteiger charge is -2.13. The predicted molar refractivity (Wildman–Crippen MR) is 106 cm³/mol. The van der Waals surface area contributed by atoms with Crippen LogP contribution in [0.2, 0.25) is 0 Å². The maximum absolute atomic E-state index is 4.65. The fourth-order valence-corrected chi connectivity index (χ4v) is 3.15. The molecule has 0 radical (unpaired) electrons. The Labute approximate surface area is 149 Å². The molecule has 0 aliphatic carbocycles. The first-order valence-electron chi connectivity index (χ1n) is 8.69. The third kappa shape index (κ3) is 5.44. The SMILES string of the molecule is CCNC(=NCCCCSC)NCCn1c(C)nc2ccccc21. The van der Waals surface area contributed by atoms with E-state index in [4.69, 9.17) is 0 Å². The van der Waals surface area contributed by atoms with Gasteiger partial charge in [-0.25, -0.2) is 4.98 Å². The van der Waals surface area contributed by atoms with Crippen LogP contribution in [0.1, 0.15) is 25.6 Å². The maximum Gasteiger partial charge on any atom is 0.191 e. The molecule has 1 aromatic carbocycles. The Morgan fingerprint density at radius 1 is 1.25 bits per heavy atom. The molecule has 0 aliphatic rings. The summed E-state index contributed by atoms with van der Waals surface area (Å²) >= 11 is 1.90. The molecule has 0 bridgehead atoms. The monoisotopic (exact) mass is 347 g/mol. The first-order valence-corrected chi connectivity index (χ1v) is 10.1. The third-order valence-corrected chi connectivity index (χ3v) is 4.54. The minimum absolute atomic E-state index is 0.831. The van der Waals surface area contributed by atoms with E-state index in [0.717, 1.165) is 49.9 Å². The van der Waals surface area contributed by atoms with Gasteiger partial charge in [0, 0.05) is 26.2 Å². The summed E-state index contributed by atoms with van der Waals surface area (Å²) in [6.45, 7) is 7.62. The van der Waals surface area contributed by atoms with Crippen LogP contribution in [0.4, 0.5) is 0 Å². The third-order valence-electron chi connectivity index (χ3n) is 3.84. The van der Waals surface area contributed by atoms with Gasteiger partial charge in [-0.05, 0) is 50.8 Å². The van der Waals surface area contributed by atoms with Gasteiger partial charge in [0.25, 0.3) is 0 Å². The lowest BCUT2D eigenvalue weighted by molar-refractivity contribution is 0.659. The van der Waals surface area contributed by atoms with Gasteiger partial charge in [0.2, 0.25) is 0 Å². The normalized spacial score (nSPS) is 11.9. The summed E-state index contributed by atoms with van der Waals surface area (Å²) in [6, 6.07) is 8.28. The van der Waals surface area contributed by atoms with Gasteiger partial charge in [0.15, 0.2) is 5.96 Å². The highest BCUT2D eigenvalue weighted by Gasteiger charge is 2.06. The van der Waals surface area contributed by atoms with Gasteiger partial charge in [-0.3, -0.25) is 4.99 Å². The Bertz CT molecular complexity index is 650. The van der Waals surface area contributed by atoms with Crippen molar-refractivity contribution in [2.75, 3.05) is 31.6 Å². The van der Waals surface area contributed by atoms with Crippen LogP contribution in [0.15, 0.2) is 29.3 Å². The fraction of sp³-hybridized carbons (Fsp3) is 0.556. The maximum atomic E-state index is 4.65. The van der Waals surface area contributed by atoms with Gasteiger partial charge < -0.3 is 15.2 Å². The number of guanidine groups is 1. The Morgan fingerprint density at radius 3 is 2.88 bits per heavy atom. The largest absolute Gasteiger partial charge is 0.357 e. The molecule has 0 atom stereocenters. The topological polar surface area (TPSA) is 54.2 Å². The number of hydrogen-bond acceptors (Lipinski definition) is 3. The Hall–Kier alpha value is -1.69. The van der Waals surface area contributed by atoms with Crippen molar-refractivity contribution in [3.05, 3.63) is 30.1 Å². The molecule has 5 nitrogen and oxygen atoms in total. The zero-order chi connectivity index (χ0) is 17.2. The van der Waals surface area contributed by atoms with Crippen LogP contribution < -0.4 is 10.6 Å². The zero-order valence-electron chi connectivity index (χ0n) is 15.0. The van der Waals surface area contributed by atoms with Crippen LogP contribution in [0.3, 0.4) is 0 Å².